The second-order valence-corrected chi connectivity index (χ2v) is 6.90. The Kier molecular flexibility index (Phi) is 15.2. The summed E-state index contributed by atoms with van der Waals surface area (Å²) in [7, 11) is -5.78. The first-order valence-electron chi connectivity index (χ1n) is 7.61. The van der Waals surface area contributed by atoms with Crippen molar-refractivity contribution in [1.29, 1.82) is 0 Å². The van der Waals surface area contributed by atoms with Crippen molar-refractivity contribution in [3.05, 3.63) is 42.8 Å². The zero-order valence-electron chi connectivity index (χ0n) is 15.2. The fraction of sp³-hybridized carbons (Fsp3) is 0.533. The number of benzene rings is 1. The van der Waals surface area contributed by atoms with Crippen LogP contribution in [-0.2, 0) is 16.0 Å². The van der Waals surface area contributed by atoms with Crippen molar-refractivity contribution in [2.24, 2.45) is 0 Å². The SMILES string of the molecule is O=P(O)(O)C(F)(F)C[C@@H](O)[C@@H](O)[C@@H](O)CNOCc1ccccc1.[CH2-]C.[Na+]. The van der Waals surface area contributed by atoms with Gasteiger partial charge in [0.2, 0.25) is 0 Å². The van der Waals surface area contributed by atoms with E-state index >= 15 is 0 Å². The summed E-state index contributed by atoms with van der Waals surface area (Å²) in [6.07, 6.45) is -7.67. The number of hydroxylamine groups is 1. The fourth-order valence-electron chi connectivity index (χ4n) is 1.72. The average Bonchev–Trinajstić information content (AvgIpc) is 2.59. The van der Waals surface area contributed by atoms with Crippen molar-refractivity contribution in [3.63, 3.8) is 0 Å². The summed E-state index contributed by atoms with van der Waals surface area (Å²) >= 11 is 0. The van der Waals surface area contributed by atoms with Gasteiger partial charge >= 0.3 is 42.8 Å². The summed E-state index contributed by atoms with van der Waals surface area (Å²) in [6.45, 7) is 4.75. The van der Waals surface area contributed by atoms with E-state index in [0.717, 1.165) is 5.56 Å². The van der Waals surface area contributed by atoms with Crippen LogP contribution in [0.2, 0.25) is 0 Å². The van der Waals surface area contributed by atoms with Crippen LogP contribution in [0.5, 0.6) is 0 Å². The van der Waals surface area contributed by atoms with Gasteiger partial charge in [-0.3, -0.25) is 9.40 Å². The van der Waals surface area contributed by atoms with Gasteiger partial charge in [0.25, 0.3) is 0 Å². The maximum atomic E-state index is 13.1. The molecule has 1 aromatic carbocycles. The molecule has 27 heavy (non-hydrogen) atoms. The van der Waals surface area contributed by atoms with Crippen LogP contribution in [0.3, 0.4) is 0 Å². The van der Waals surface area contributed by atoms with Gasteiger partial charge < -0.3 is 32.0 Å². The van der Waals surface area contributed by atoms with Crippen LogP contribution in [0.15, 0.2) is 30.3 Å². The quantitative estimate of drug-likeness (QED) is 0.0819. The largest absolute Gasteiger partial charge is 1.00 e. The Hall–Kier alpha value is 0.0300. The number of aliphatic hydroxyl groups is 3. The van der Waals surface area contributed by atoms with E-state index in [1.54, 1.807) is 31.2 Å². The van der Waals surface area contributed by atoms with E-state index in [0.29, 0.717) is 0 Å². The molecular weight excluding hydrogens is 398 g/mol. The number of nitrogens with one attached hydrogen (secondary N) is 1. The summed E-state index contributed by atoms with van der Waals surface area (Å²) in [6, 6.07) is 8.94. The molecule has 8 nitrogen and oxygen atoms in total. The van der Waals surface area contributed by atoms with Gasteiger partial charge in [-0.15, -0.1) is 0 Å². The third-order valence-electron chi connectivity index (χ3n) is 3.15. The molecule has 0 radical (unpaired) electrons. The number of aliphatic hydroxyl groups excluding tert-OH is 3. The van der Waals surface area contributed by atoms with Crippen molar-refractivity contribution in [1.82, 2.24) is 5.48 Å². The van der Waals surface area contributed by atoms with Crippen molar-refractivity contribution in [2.45, 2.75) is 43.9 Å². The Morgan fingerprint density at radius 2 is 1.67 bits per heavy atom. The molecular formula is C15H25F2NNaO7P. The molecule has 0 aliphatic rings. The first-order valence-corrected chi connectivity index (χ1v) is 9.23. The maximum Gasteiger partial charge on any atom is 1.00 e. The standard InChI is InChI=1S/C13H20F2NO7P.C2H5.Na/c14-13(15,24(20,21)22)6-10(17)12(19)11(18)7-16-23-8-9-4-2-1-3-5-9;1-2;/h1-5,10-12,16-19H,6-8H2,(H2,20,21,22);1H2,2H3;/q;-1;+1/t10-,11+,12-;;/m1../s1. The zero-order chi connectivity index (χ0) is 20.4. The van der Waals surface area contributed by atoms with E-state index in [2.05, 4.69) is 12.4 Å². The monoisotopic (exact) mass is 423 g/mol. The molecule has 1 aromatic rings. The second-order valence-electron chi connectivity index (χ2n) is 5.16. The third kappa shape index (κ3) is 11.0. The van der Waals surface area contributed by atoms with Crippen LogP contribution >= 0.6 is 7.60 Å². The molecule has 0 bridgehead atoms. The van der Waals surface area contributed by atoms with Crippen LogP contribution < -0.4 is 35.0 Å². The average molecular weight is 423 g/mol. The van der Waals surface area contributed by atoms with Gasteiger partial charge in [0, 0.05) is 6.54 Å². The number of rotatable bonds is 10. The second kappa shape index (κ2) is 14.1. The number of hydrogen-bond acceptors (Lipinski definition) is 6. The first-order chi connectivity index (χ1) is 12.0. The Morgan fingerprint density at radius 3 is 2.15 bits per heavy atom. The zero-order valence-corrected chi connectivity index (χ0v) is 18.1. The molecule has 0 aromatic heterocycles. The van der Waals surface area contributed by atoms with Crippen molar-refractivity contribution in [3.8, 4) is 0 Å². The Labute approximate surface area is 179 Å². The van der Waals surface area contributed by atoms with Crippen LogP contribution in [0, 0.1) is 6.92 Å². The normalized spacial score (nSPS) is 15.0. The van der Waals surface area contributed by atoms with Gasteiger partial charge in [-0.2, -0.15) is 21.2 Å². The summed E-state index contributed by atoms with van der Waals surface area (Å²) < 4.78 is 36.9. The molecule has 1 rings (SSSR count). The van der Waals surface area contributed by atoms with E-state index < -0.39 is 44.5 Å². The molecule has 0 aliphatic heterocycles. The van der Waals surface area contributed by atoms with Gasteiger partial charge in [0.05, 0.1) is 25.2 Å². The Morgan fingerprint density at radius 1 is 1.15 bits per heavy atom. The molecule has 0 saturated heterocycles. The third-order valence-corrected chi connectivity index (χ3v) is 4.18. The van der Waals surface area contributed by atoms with E-state index in [9.17, 15) is 28.7 Å². The molecule has 0 aliphatic carbocycles. The summed E-state index contributed by atoms with van der Waals surface area (Å²) in [5.74, 6) is 0. The minimum Gasteiger partial charge on any atom is -0.390 e. The fourth-order valence-corrected chi connectivity index (χ4v) is 2.15. The number of halogens is 2. The summed E-state index contributed by atoms with van der Waals surface area (Å²) in [5, 5.41) is 28.6. The molecule has 0 spiro atoms. The smallest absolute Gasteiger partial charge is 0.390 e. The van der Waals surface area contributed by atoms with E-state index in [4.69, 9.17) is 14.6 Å². The van der Waals surface area contributed by atoms with E-state index in [-0.39, 0.29) is 36.2 Å². The Bertz CT molecular complexity index is 550. The molecule has 152 valence electrons. The molecule has 6 N–H and O–H groups in total. The first kappa shape index (κ1) is 29.2. The van der Waals surface area contributed by atoms with Gasteiger partial charge in [0.1, 0.15) is 6.10 Å². The van der Waals surface area contributed by atoms with Gasteiger partial charge in [-0.05, 0) is 5.56 Å². The topological polar surface area (TPSA) is 139 Å². The molecule has 0 heterocycles. The van der Waals surface area contributed by atoms with Crippen LogP contribution in [0.25, 0.3) is 0 Å². The molecule has 0 saturated carbocycles. The van der Waals surface area contributed by atoms with Crippen molar-refractivity contribution < 1.29 is 72.8 Å². The van der Waals surface area contributed by atoms with Crippen LogP contribution in [-0.4, -0.2) is 55.6 Å². The van der Waals surface area contributed by atoms with Crippen LogP contribution in [0.1, 0.15) is 18.9 Å². The Balaban J connectivity index is 0. The van der Waals surface area contributed by atoms with Crippen molar-refractivity contribution in [2.75, 3.05) is 6.54 Å². The van der Waals surface area contributed by atoms with E-state index in [1.807, 2.05) is 6.07 Å². The minimum absolute atomic E-state index is 0. The molecule has 0 unspecified atom stereocenters. The van der Waals surface area contributed by atoms with E-state index in [1.165, 1.54) is 0 Å². The predicted octanol–water partition coefficient (Wildman–Crippen LogP) is -2.20. The van der Waals surface area contributed by atoms with Crippen molar-refractivity contribution >= 4 is 7.60 Å². The molecule has 0 fully saturated rings. The molecule has 12 heteroatoms. The van der Waals surface area contributed by atoms with Crippen LogP contribution in [0.4, 0.5) is 8.78 Å². The maximum absolute atomic E-state index is 13.1. The molecule has 0 amide bonds. The predicted molar refractivity (Wildman–Crippen MR) is 89.9 cm³/mol. The number of hydrogen-bond donors (Lipinski definition) is 6. The summed E-state index contributed by atoms with van der Waals surface area (Å²) in [5.41, 5.74) is -1.39. The van der Waals surface area contributed by atoms with Gasteiger partial charge in [-0.1, -0.05) is 30.3 Å². The van der Waals surface area contributed by atoms with Gasteiger partial charge in [0.15, 0.2) is 0 Å². The molecule has 3 atom stereocenters. The minimum atomic E-state index is -5.78. The number of alkyl halides is 2. The summed E-state index contributed by atoms with van der Waals surface area (Å²) in [4.78, 5) is 21.9. The van der Waals surface area contributed by atoms with Gasteiger partial charge in [-0.25, -0.2) is 0 Å².